The summed E-state index contributed by atoms with van der Waals surface area (Å²) in [5.41, 5.74) is -0.632. The predicted octanol–water partition coefficient (Wildman–Crippen LogP) is 2.50. The number of ether oxygens (including phenoxy) is 1. The summed E-state index contributed by atoms with van der Waals surface area (Å²) in [6, 6.07) is 9.17. The van der Waals surface area contributed by atoms with E-state index < -0.39 is 30.2 Å². The van der Waals surface area contributed by atoms with Gasteiger partial charge in [0.1, 0.15) is 6.07 Å². The minimum Gasteiger partial charge on any atom is -0.480 e. The Morgan fingerprint density at radius 2 is 1.95 bits per heavy atom. The van der Waals surface area contributed by atoms with Gasteiger partial charge < -0.3 is 15.2 Å². The van der Waals surface area contributed by atoms with Crippen molar-refractivity contribution in [2.75, 3.05) is 11.9 Å². The van der Waals surface area contributed by atoms with Crippen molar-refractivity contribution in [2.45, 2.75) is 6.18 Å². The smallest absolute Gasteiger partial charge is 0.422 e. The van der Waals surface area contributed by atoms with Crippen molar-refractivity contribution >= 4 is 11.6 Å². The minimum absolute atomic E-state index is 0.314. The third-order valence-corrected chi connectivity index (χ3v) is 1.96. The number of benzene rings is 1. The second-order valence-electron chi connectivity index (χ2n) is 3.52. The van der Waals surface area contributed by atoms with Gasteiger partial charge in [-0.3, -0.25) is 4.79 Å². The highest BCUT2D eigenvalue weighted by Crippen LogP contribution is 2.17. The number of nitrogens with zero attached hydrogens (tertiary/aromatic N) is 1. The second-order valence-corrected chi connectivity index (χ2v) is 3.52. The highest BCUT2D eigenvalue weighted by Gasteiger charge is 2.30. The fraction of sp³-hybridized carbons (Fsp3) is 0.167. The molecule has 0 aliphatic rings. The van der Waals surface area contributed by atoms with E-state index in [1.54, 1.807) is 18.2 Å². The van der Waals surface area contributed by atoms with Gasteiger partial charge in [-0.25, -0.2) is 0 Å². The Morgan fingerprint density at radius 3 is 2.45 bits per heavy atom. The van der Waals surface area contributed by atoms with Crippen LogP contribution in [0.5, 0.6) is 0 Å². The fourth-order valence-corrected chi connectivity index (χ4v) is 1.13. The third-order valence-electron chi connectivity index (χ3n) is 1.96. The number of aliphatic hydroxyl groups excluding tert-OH is 1. The molecule has 1 rings (SSSR count). The molecule has 0 fully saturated rings. The van der Waals surface area contributed by atoms with Gasteiger partial charge in [0.2, 0.25) is 0 Å². The van der Waals surface area contributed by atoms with Gasteiger partial charge in [-0.05, 0) is 12.1 Å². The number of rotatable bonds is 4. The lowest BCUT2D eigenvalue weighted by Crippen LogP contribution is -2.20. The lowest BCUT2D eigenvalue weighted by molar-refractivity contribution is -0.173. The van der Waals surface area contributed by atoms with Gasteiger partial charge in [-0.15, -0.1) is 0 Å². The van der Waals surface area contributed by atoms with Crippen LogP contribution in [0.2, 0.25) is 0 Å². The summed E-state index contributed by atoms with van der Waals surface area (Å²) in [5, 5.41) is 20.1. The molecule has 0 atom stereocenters. The Balaban J connectivity index is 2.79. The van der Waals surface area contributed by atoms with Gasteiger partial charge >= 0.3 is 12.1 Å². The molecule has 0 heterocycles. The maximum atomic E-state index is 11.9. The highest BCUT2D eigenvalue weighted by molar-refractivity contribution is 6.06. The van der Waals surface area contributed by atoms with E-state index in [1.807, 2.05) is 0 Å². The van der Waals surface area contributed by atoms with E-state index in [1.165, 1.54) is 18.2 Å². The zero-order chi connectivity index (χ0) is 15.2. The van der Waals surface area contributed by atoms with Crippen molar-refractivity contribution in [1.29, 1.82) is 5.26 Å². The summed E-state index contributed by atoms with van der Waals surface area (Å²) in [4.78, 5) is 11.6. The molecule has 5 nitrogen and oxygen atoms in total. The van der Waals surface area contributed by atoms with Crippen molar-refractivity contribution in [1.82, 2.24) is 0 Å². The molecule has 0 aliphatic heterocycles. The van der Waals surface area contributed by atoms with E-state index >= 15 is 0 Å². The number of hydrogen-bond donors (Lipinski definition) is 2. The molecular formula is C12H9F3N2O3. The monoisotopic (exact) mass is 286 g/mol. The van der Waals surface area contributed by atoms with Crippen LogP contribution in [0.3, 0.4) is 0 Å². The molecule has 0 bridgehead atoms. The third kappa shape index (κ3) is 4.89. The summed E-state index contributed by atoms with van der Waals surface area (Å²) >= 11 is 0. The number of carbonyl (C=O) groups is 1. The Labute approximate surface area is 111 Å². The number of nitrogens with one attached hydrogen (secondary N) is 1. The average Bonchev–Trinajstić information content (AvgIpc) is 2.37. The number of anilines is 1. The molecule has 0 spiro atoms. The highest BCUT2D eigenvalue weighted by atomic mass is 19.4. The zero-order valence-corrected chi connectivity index (χ0v) is 9.94. The average molecular weight is 286 g/mol. The number of carbonyl (C=O) groups excluding carboxylic acids is 1. The number of nitriles is 1. The molecule has 0 unspecified atom stereocenters. The van der Waals surface area contributed by atoms with Gasteiger partial charge in [0.05, 0.1) is 0 Å². The van der Waals surface area contributed by atoms with Crippen LogP contribution in [0.1, 0.15) is 0 Å². The van der Waals surface area contributed by atoms with Gasteiger partial charge in [0, 0.05) is 5.69 Å². The van der Waals surface area contributed by atoms with E-state index in [0.717, 1.165) is 0 Å². The normalized spacial score (nSPS) is 12.1. The second kappa shape index (κ2) is 6.47. The van der Waals surface area contributed by atoms with Crippen molar-refractivity contribution < 1.29 is 27.8 Å². The van der Waals surface area contributed by atoms with E-state index in [4.69, 9.17) is 5.26 Å². The van der Waals surface area contributed by atoms with Crippen LogP contribution in [0.25, 0.3) is 0 Å². The van der Waals surface area contributed by atoms with E-state index in [0.29, 0.717) is 5.69 Å². The van der Waals surface area contributed by atoms with Crippen LogP contribution >= 0.6 is 0 Å². The molecule has 20 heavy (non-hydrogen) atoms. The topological polar surface area (TPSA) is 82.4 Å². The molecule has 0 saturated carbocycles. The Bertz CT molecular complexity index is 547. The zero-order valence-electron chi connectivity index (χ0n) is 9.94. The fourth-order valence-electron chi connectivity index (χ4n) is 1.13. The number of alkyl halides is 3. The molecule has 0 aromatic heterocycles. The van der Waals surface area contributed by atoms with Crippen LogP contribution in [0.15, 0.2) is 41.9 Å². The summed E-state index contributed by atoms with van der Waals surface area (Å²) in [5.74, 6) is -2.45. The lowest BCUT2D eigenvalue weighted by Gasteiger charge is -2.09. The standard InChI is InChI=1S/C12H9F3N2O3/c13-12(14,15)7-20-11(19)9(6-16)10(18)17-8-4-2-1-3-5-8/h1-5,19H,7H2,(H,17,18)/b11-9-. The van der Waals surface area contributed by atoms with Crippen molar-refractivity contribution in [3.63, 3.8) is 0 Å². The van der Waals surface area contributed by atoms with E-state index in [-0.39, 0.29) is 0 Å². The lowest BCUT2D eigenvalue weighted by atomic mass is 10.2. The summed E-state index contributed by atoms with van der Waals surface area (Å²) in [6.07, 6.45) is -4.69. The van der Waals surface area contributed by atoms with Crippen LogP contribution in [0, 0.1) is 11.3 Å². The Morgan fingerprint density at radius 1 is 1.35 bits per heavy atom. The molecule has 0 radical (unpaired) electrons. The van der Waals surface area contributed by atoms with Crippen LogP contribution in [-0.2, 0) is 9.53 Å². The molecular weight excluding hydrogens is 277 g/mol. The molecule has 1 aromatic carbocycles. The van der Waals surface area contributed by atoms with Crippen LogP contribution in [0.4, 0.5) is 18.9 Å². The van der Waals surface area contributed by atoms with Crippen molar-refractivity contribution in [2.24, 2.45) is 0 Å². The predicted molar refractivity (Wildman–Crippen MR) is 62.3 cm³/mol. The summed E-state index contributed by atoms with van der Waals surface area (Å²) in [6.45, 7) is -1.80. The maximum absolute atomic E-state index is 11.9. The molecule has 8 heteroatoms. The van der Waals surface area contributed by atoms with E-state index in [2.05, 4.69) is 10.1 Å². The van der Waals surface area contributed by atoms with Gasteiger partial charge in [-0.1, -0.05) is 18.2 Å². The Kier molecular flexibility index (Phi) is 4.97. The van der Waals surface area contributed by atoms with Gasteiger partial charge in [0.15, 0.2) is 12.2 Å². The molecule has 0 aliphatic carbocycles. The molecule has 1 amide bonds. The SMILES string of the molecule is N#C/C(C(=O)Nc1ccccc1)=C(\O)OCC(F)(F)F. The quantitative estimate of drug-likeness (QED) is 0.506. The van der Waals surface area contributed by atoms with E-state index in [9.17, 15) is 23.1 Å². The first kappa shape index (κ1) is 15.4. The van der Waals surface area contributed by atoms with Crippen LogP contribution < -0.4 is 5.32 Å². The molecule has 106 valence electrons. The van der Waals surface area contributed by atoms with Crippen LogP contribution in [-0.4, -0.2) is 23.8 Å². The summed E-state index contributed by atoms with van der Waals surface area (Å²) in [7, 11) is 0. The summed E-state index contributed by atoms with van der Waals surface area (Å²) < 4.78 is 39.6. The minimum atomic E-state index is -4.69. The number of hydrogen-bond acceptors (Lipinski definition) is 4. The molecule has 2 N–H and O–H groups in total. The molecule has 1 aromatic rings. The Hall–Kier alpha value is -2.69. The van der Waals surface area contributed by atoms with Crippen molar-refractivity contribution in [3.05, 3.63) is 41.9 Å². The number of amides is 1. The largest absolute Gasteiger partial charge is 0.480 e. The van der Waals surface area contributed by atoms with Gasteiger partial charge in [-0.2, -0.15) is 18.4 Å². The number of aliphatic hydroxyl groups is 1. The number of para-hydroxylation sites is 1. The molecule has 0 saturated heterocycles. The maximum Gasteiger partial charge on any atom is 0.422 e. The van der Waals surface area contributed by atoms with Gasteiger partial charge in [0.25, 0.3) is 5.91 Å². The number of halogens is 3. The first-order valence-electron chi connectivity index (χ1n) is 5.23. The first-order valence-corrected chi connectivity index (χ1v) is 5.23. The first-order chi connectivity index (χ1) is 9.33. The van der Waals surface area contributed by atoms with Crippen molar-refractivity contribution in [3.8, 4) is 6.07 Å².